The highest BCUT2D eigenvalue weighted by Crippen LogP contribution is 2.29. The van der Waals surface area contributed by atoms with Crippen molar-refractivity contribution in [1.82, 2.24) is 24.6 Å². The Labute approximate surface area is 159 Å². The van der Waals surface area contributed by atoms with Crippen LogP contribution < -0.4 is 0 Å². The molecule has 4 rings (SSSR count). The first-order chi connectivity index (χ1) is 13.1. The number of amides is 1. The Bertz CT molecular complexity index is 747. The van der Waals surface area contributed by atoms with Gasteiger partial charge >= 0.3 is 0 Å². The molecule has 0 radical (unpaired) electrons. The van der Waals surface area contributed by atoms with Crippen LogP contribution in [0.5, 0.6) is 0 Å². The fourth-order valence-electron chi connectivity index (χ4n) is 4.04. The van der Waals surface area contributed by atoms with Gasteiger partial charge < -0.3 is 10.0 Å². The third-order valence-electron chi connectivity index (χ3n) is 5.63. The van der Waals surface area contributed by atoms with Crippen LogP contribution in [0.25, 0.3) is 0 Å². The number of nitrogens with zero attached hydrogens (tertiary/aromatic N) is 5. The van der Waals surface area contributed by atoms with Gasteiger partial charge in [-0.05, 0) is 18.4 Å². The predicted molar refractivity (Wildman–Crippen MR) is 101 cm³/mol. The summed E-state index contributed by atoms with van der Waals surface area (Å²) in [6.07, 6.45) is 6.17. The molecule has 1 saturated heterocycles. The molecule has 1 amide bonds. The van der Waals surface area contributed by atoms with Gasteiger partial charge in [0.2, 0.25) is 5.91 Å². The van der Waals surface area contributed by atoms with Gasteiger partial charge in [-0.25, -0.2) is 9.67 Å². The molecule has 1 aliphatic heterocycles. The molecular weight excluding hydrogens is 342 g/mol. The van der Waals surface area contributed by atoms with Gasteiger partial charge in [-0.15, -0.1) is 0 Å². The third kappa shape index (κ3) is 4.36. The van der Waals surface area contributed by atoms with Crippen LogP contribution in [0.3, 0.4) is 0 Å². The molecule has 1 aromatic carbocycles. The van der Waals surface area contributed by atoms with Gasteiger partial charge in [-0.3, -0.25) is 9.69 Å². The Balaban J connectivity index is 1.52. The van der Waals surface area contributed by atoms with Crippen LogP contribution in [-0.4, -0.2) is 67.4 Å². The average molecular weight is 369 g/mol. The van der Waals surface area contributed by atoms with Gasteiger partial charge in [0.05, 0.1) is 13.1 Å². The van der Waals surface area contributed by atoms with E-state index in [9.17, 15) is 9.90 Å². The molecule has 1 N–H and O–H groups in total. The van der Waals surface area contributed by atoms with Gasteiger partial charge in [0.25, 0.3) is 0 Å². The molecule has 7 nitrogen and oxygen atoms in total. The SMILES string of the molecule is O=C(C1CCC1)N1CCN(Cc2ccccc2)CC(O)(Cn2cncn2)C1. The molecule has 2 heterocycles. The summed E-state index contributed by atoms with van der Waals surface area (Å²) in [5.74, 6) is 0.334. The van der Waals surface area contributed by atoms with Crippen molar-refractivity contribution in [2.24, 2.45) is 5.92 Å². The molecule has 1 atom stereocenters. The van der Waals surface area contributed by atoms with Crippen molar-refractivity contribution in [2.75, 3.05) is 26.2 Å². The van der Waals surface area contributed by atoms with E-state index in [4.69, 9.17) is 0 Å². The summed E-state index contributed by atoms with van der Waals surface area (Å²) in [4.78, 5) is 20.9. The van der Waals surface area contributed by atoms with Crippen LogP contribution in [0, 0.1) is 5.92 Å². The van der Waals surface area contributed by atoms with E-state index in [-0.39, 0.29) is 11.8 Å². The zero-order valence-electron chi connectivity index (χ0n) is 15.6. The second-order valence-electron chi connectivity index (χ2n) is 7.90. The standard InChI is InChI=1S/C20H27N5O2/c26-19(18-7-4-8-18)24-10-9-23(11-17-5-2-1-3-6-17)12-20(27,13-24)14-25-16-21-15-22-25/h1-3,5-6,15-16,18,27H,4,7-14H2. The van der Waals surface area contributed by atoms with Crippen LogP contribution in [0.4, 0.5) is 0 Å². The lowest BCUT2D eigenvalue weighted by Gasteiger charge is -2.35. The van der Waals surface area contributed by atoms with Crippen LogP contribution >= 0.6 is 0 Å². The van der Waals surface area contributed by atoms with E-state index in [0.29, 0.717) is 26.2 Å². The molecule has 0 bridgehead atoms. The number of hydrogen-bond acceptors (Lipinski definition) is 5. The molecule has 27 heavy (non-hydrogen) atoms. The minimum atomic E-state index is -1.06. The molecule has 1 aliphatic carbocycles. The first kappa shape index (κ1) is 18.1. The first-order valence-electron chi connectivity index (χ1n) is 9.71. The number of benzene rings is 1. The third-order valence-corrected chi connectivity index (χ3v) is 5.63. The van der Waals surface area contributed by atoms with E-state index in [1.54, 1.807) is 11.0 Å². The van der Waals surface area contributed by atoms with Crippen molar-refractivity contribution in [3.63, 3.8) is 0 Å². The van der Waals surface area contributed by atoms with Crippen LogP contribution in [0.2, 0.25) is 0 Å². The van der Waals surface area contributed by atoms with E-state index < -0.39 is 5.60 Å². The van der Waals surface area contributed by atoms with Crippen molar-refractivity contribution >= 4 is 5.91 Å². The van der Waals surface area contributed by atoms with Gasteiger partial charge in [0.15, 0.2) is 0 Å². The van der Waals surface area contributed by atoms with Gasteiger partial charge in [-0.1, -0.05) is 36.8 Å². The average Bonchev–Trinajstić information content (AvgIpc) is 3.04. The molecule has 7 heteroatoms. The summed E-state index contributed by atoms with van der Waals surface area (Å²) in [6, 6.07) is 10.3. The van der Waals surface area contributed by atoms with E-state index in [1.165, 1.54) is 11.9 Å². The number of β-amino-alcohol motifs (C(OH)–C–C–N with tert-alkyl or cyclic N) is 1. The minimum Gasteiger partial charge on any atom is -0.385 e. The van der Waals surface area contributed by atoms with Crippen molar-refractivity contribution in [2.45, 2.75) is 38.0 Å². The van der Waals surface area contributed by atoms with E-state index in [2.05, 4.69) is 27.1 Å². The second-order valence-corrected chi connectivity index (χ2v) is 7.90. The summed E-state index contributed by atoms with van der Waals surface area (Å²) in [5.41, 5.74) is 0.151. The number of carbonyl (C=O) groups excluding carboxylic acids is 1. The Morgan fingerprint density at radius 1 is 1.19 bits per heavy atom. The number of rotatable bonds is 5. The Hall–Kier alpha value is -2.25. The normalized spacial score (nSPS) is 24.4. The quantitative estimate of drug-likeness (QED) is 0.856. The molecule has 1 aromatic heterocycles. The first-order valence-corrected chi connectivity index (χ1v) is 9.71. The van der Waals surface area contributed by atoms with Crippen molar-refractivity contribution < 1.29 is 9.90 Å². The van der Waals surface area contributed by atoms with Crippen LogP contribution in [0.15, 0.2) is 43.0 Å². The molecule has 1 unspecified atom stereocenters. The zero-order chi connectivity index (χ0) is 18.7. The predicted octanol–water partition coefficient (Wildman–Crippen LogP) is 1.15. The number of aliphatic hydroxyl groups is 1. The fraction of sp³-hybridized carbons (Fsp3) is 0.550. The largest absolute Gasteiger partial charge is 0.385 e. The Morgan fingerprint density at radius 3 is 2.67 bits per heavy atom. The number of hydrogen-bond donors (Lipinski definition) is 1. The topological polar surface area (TPSA) is 74.5 Å². The molecule has 2 aliphatic rings. The summed E-state index contributed by atoms with van der Waals surface area (Å²) in [7, 11) is 0. The van der Waals surface area contributed by atoms with E-state index in [0.717, 1.165) is 32.4 Å². The highest BCUT2D eigenvalue weighted by atomic mass is 16.3. The number of carbonyl (C=O) groups is 1. The molecule has 2 fully saturated rings. The molecule has 144 valence electrons. The Morgan fingerprint density at radius 2 is 2.00 bits per heavy atom. The van der Waals surface area contributed by atoms with Crippen molar-refractivity contribution in [3.8, 4) is 0 Å². The number of aromatic nitrogens is 3. The summed E-state index contributed by atoms with van der Waals surface area (Å²) in [5, 5.41) is 15.6. The zero-order valence-corrected chi connectivity index (χ0v) is 15.6. The maximum absolute atomic E-state index is 12.8. The molecular formula is C20H27N5O2. The smallest absolute Gasteiger partial charge is 0.225 e. The highest BCUT2D eigenvalue weighted by Gasteiger charge is 2.39. The summed E-state index contributed by atoms with van der Waals surface area (Å²) < 4.78 is 1.65. The highest BCUT2D eigenvalue weighted by molar-refractivity contribution is 5.79. The monoisotopic (exact) mass is 369 g/mol. The van der Waals surface area contributed by atoms with Crippen molar-refractivity contribution in [3.05, 3.63) is 48.5 Å². The second kappa shape index (κ2) is 7.78. The maximum Gasteiger partial charge on any atom is 0.225 e. The van der Waals surface area contributed by atoms with E-state index in [1.807, 2.05) is 23.1 Å². The lowest BCUT2D eigenvalue weighted by molar-refractivity contribution is -0.141. The lowest BCUT2D eigenvalue weighted by Crippen LogP contribution is -2.52. The van der Waals surface area contributed by atoms with Crippen molar-refractivity contribution in [1.29, 1.82) is 0 Å². The van der Waals surface area contributed by atoms with E-state index >= 15 is 0 Å². The molecule has 1 saturated carbocycles. The summed E-state index contributed by atoms with van der Waals surface area (Å²) in [6.45, 7) is 3.33. The van der Waals surface area contributed by atoms with Crippen LogP contribution in [0.1, 0.15) is 24.8 Å². The molecule has 0 spiro atoms. The lowest BCUT2D eigenvalue weighted by atomic mass is 9.84. The van der Waals surface area contributed by atoms with Gasteiger partial charge in [0.1, 0.15) is 18.3 Å². The summed E-state index contributed by atoms with van der Waals surface area (Å²) >= 11 is 0. The fourth-order valence-corrected chi connectivity index (χ4v) is 4.04. The Kier molecular flexibility index (Phi) is 5.22. The maximum atomic E-state index is 12.8. The minimum absolute atomic E-state index is 0.140. The van der Waals surface area contributed by atoms with Crippen LogP contribution in [-0.2, 0) is 17.9 Å². The van der Waals surface area contributed by atoms with Gasteiger partial charge in [-0.2, -0.15) is 5.10 Å². The van der Waals surface area contributed by atoms with Gasteiger partial charge in [0, 0.05) is 32.1 Å². The molecule has 2 aromatic rings.